The van der Waals surface area contributed by atoms with Gasteiger partial charge in [-0.05, 0) is 24.7 Å². The molecule has 0 aromatic heterocycles. The summed E-state index contributed by atoms with van der Waals surface area (Å²) < 4.78 is 15.7. The molecule has 0 aliphatic carbocycles. The van der Waals surface area contributed by atoms with Gasteiger partial charge in [-0.2, -0.15) is 0 Å². The van der Waals surface area contributed by atoms with E-state index in [0.717, 1.165) is 18.7 Å². The lowest BCUT2D eigenvalue weighted by Gasteiger charge is -2.31. The third-order valence-electron chi connectivity index (χ3n) is 5.20. The van der Waals surface area contributed by atoms with Crippen molar-refractivity contribution in [1.82, 2.24) is 10.2 Å². The summed E-state index contributed by atoms with van der Waals surface area (Å²) in [5.74, 6) is -0.643. The molecule has 9 nitrogen and oxygen atoms in total. The average molecular weight is 466 g/mol. The number of halogens is 1. The molecule has 2 aromatic carbocycles. The van der Waals surface area contributed by atoms with Gasteiger partial charge in [-0.15, -0.1) is 0 Å². The Bertz CT molecular complexity index is 965. The molecule has 1 N–H and O–H groups in total. The molecule has 32 heavy (non-hydrogen) atoms. The fraction of sp³-hybridized carbons (Fsp3) is 0.409. The third-order valence-corrected chi connectivity index (χ3v) is 5.55. The Morgan fingerprint density at radius 1 is 1.12 bits per heavy atom. The zero-order valence-corrected chi connectivity index (χ0v) is 19.6. The minimum Gasteiger partial charge on any atom is -0.493 e. The van der Waals surface area contributed by atoms with Crippen LogP contribution in [0.25, 0.3) is 0 Å². The van der Waals surface area contributed by atoms with Crippen LogP contribution < -0.4 is 19.5 Å². The van der Waals surface area contributed by atoms with Gasteiger partial charge in [0.1, 0.15) is 5.56 Å². The molecule has 0 saturated carbocycles. The fourth-order valence-electron chi connectivity index (χ4n) is 3.63. The van der Waals surface area contributed by atoms with E-state index in [1.165, 1.54) is 27.4 Å². The number of hydrogen-bond acceptors (Lipinski definition) is 7. The Balaban J connectivity index is 2.46. The van der Waals surface area contributed by atoms with Gasteiger partial charge in [0, 0.05) is 17.6 Å². The number of amides is 1. The van der Waals surface area contributed by atoms with Gasteiger partial charge in [0.15, 0.2) is 5.75 Å². The summed E-state index contributed by atoms with van der Waals surface area (Å²) in [5, 5.41) is 15.2. The van der Waals surface area contributed by atoms with Crippen LogP contribution in [0, 0.1) is 10.1 Å². The normalized spacial score (nSPS) is 11.7. The van der Waals surface area contributed by atoms with E-state index < -0.39 is 16.5 Å². The van der Waals surface area contributed by atoms with E-state index in [0.29, 0.717) is 5.02 Å². The van der Waals surface area contributed by atoms with Gasteiger partial charge >= 0.3 is 5.69 Å². The molecule has 1 amide bonds. The van der Waals surface area contributed by atoms with Crippen LogP contribution in [0.1, 0.15) is 35.8 Å². The number of nitro benzene ring substituents is 1. The lowest BCUT2D eigenvalue weighted by Crippen LogP contribution is -2.38. The highest BCUT2D eigenvalue weighted by molar-refractivity contribution is 6.31. The quantitative estimate of drug-likeness (QED) is 0.393. The second-order valence-electron chi connectivity index (χ2n) is 6.77. The van der Waals surface area contributed by atoms with Crippen LogP contribution in [0.15, 0.2) is 30.3 Å². The van der Waals surface area contributed by atoms with Crippen molar-refractivity contribution in [2.24, 2.45) is 0 Å². The molecule has 0 aliphatic heterocycles. The maximum Gasteiger partial charge on any atom is 0.327 e. The molecule has 0 fully saturated rings. The van der Waals surface area contributed by atoms with Crippen LogP contribution in [-0.4, -0.2) is 56.7 Å². The Hall–Kier alpha value is -3.04. The number of carbonyl (C=O) groups is 1. The van der Waals surface area contributed by atoms with E-state index in [1.54, 1.807) is 6.07 Å². The third kappa shape index (κ3) is 5.23. The highest BCUT2D eigenvalue weighted by Crippen LogP contribution is 2.46. The number of hydrogen-bond donors (Lipinski definition) is 1. The first-order valence-corrected chi connectivity index (χ1v) is 10.5. The first-order chi connectivity index (χ1) is 15.3. The second kappa shape index (κ2) is 11.5. The summed E-state index contributed by atoms with van der Waals surface area (Å²) in [6.45, 7) is 5.68. The topological polar surface area (TPSA) is 103 Å². The number of nitrogens with zero attached hydrogens (tertiary/aromatic N) is 2. The first-order valence-electron chi connectivity index (χ1n) is 10.1. The largest absolute Gasteiger partial charge is 0.493 e. The predicted octanol–water partition coefficient (Wildman–Crippen LogP) is 4.09. The molecule has 0 saturated heterocycles. The Labute approximate surface area is 192 Å². The zero-order valence-electron chi connectivity index (χ0n) is 18.8. The number of likely N-dealkylation sites (N-methyl/N-ethyl adjacent to an activating group) is 1. The molecule has 1 unspecified atom stereocenters. The van der Waals surface area contributed by atoms with Crippen LogP contribution >= 0.6 is 11.6 Å². The summed E-state index contributed by atoms with van der Waals surface area (Å²) in [7, 11) is 3.97. The molecule has 0 bridgehead atoms. The van der Waals surface area contributed by atoms with E-state index in [9.17, 15) is 14.9 Å². The number of carbonyl (C=O) groups excluding carboxylic acids is 1. The van der Waals surface area contributed by atoms with Crippen LogP contribution in [-0.2, 0) is 0 Å². The van der Waals surface area contributed by atoms with E-state index in [-0.39, 0.29) is 35.4 Å². The molecule has 2 rings (SSSR count). The van der Waals surface area contributed by atoms with Gasteiger partial charge in [0.05, 0.1) is 32.3 Å². The smallest absolute Gasteiger partial charge is 0.327 e. The highest BCUT2D eigenvalue weighted by atomic mass is 35.5. The molecule has 0 heterocycles. The molecule has 0 spiro atoms. The lowest BCUT2D eigenvalue weighted by atomic mass is 10.0. The molecule has 0 aliphatic rings. The zero-order chi connectivity index (χ0) is 23.8. The van der Waals surface area contributed by atoms with Crippen molar-refractivity contribution in [1.29, 1.82) is 0 Å². The molecule has 0 radical (unpaired) electrons. The first kappa shape index (κ1) is 25.2. The van der Waals surface area contributed by atoms with Crippen molar-refractivity contribution >= 4 is 23.2 Å². The van der Waals surface area contributed by atoms with E-state index in [1.807, 2.05) is 32.0 Å². The van der Waals surface area contributed by atoms with Gasteiger partial charge in [-0.3, -0.25) is 19.8 Å². The van der Waals surface area contributed by atoms with Crippen LogP contribution in [0.5, 0.6) is 17.2 Å². The van der Waals surface area contributed by atoms with Gasteiger partial charge in [0.2, 0.25) is 11.5 Å². The standard InChI is InChI=1S/C22H28ClN3O6/c1-6-25(7-2)17(14-10-8-9-11-16(14)23)13-24-22(27)15-12-18(30-3)20(31-4)21(32-5)19(15)26(28)29/h8-12,17H,6-7,13H2,1-5H3,(H,24,27). The summed E-state index contributed by atoms with van der Waals surface area (Å²) in [4.78, 5) is 26.4. The Morgan fingerprint density at radius 3 is 2.25 bits per heavy atom. The van der Waals surface area contributed by atoms with Gasteiger partial charge in [-0.1, -0.05) is 43.6 Å². The summed E-state index contributed by atoms with van der Waals surface area (Å²) in [6.07, 6.45) is 0. The molecular formula is C22H28ClN3O6. The number of methoxy groups -OCH3 is 3. The van der Waals surface area contributed by atoms with Crippen molar-refractivity contribution in [3.63, 3.8) is 0 Å². The maximum atomic E-state index is 13.1. The summed E-state index contributed by atoms with van der Waals surface area (Å²) in [6, 6.07) is 8.46. The van der Waals surface area contributed by atoms with E-state index >= 15 is 0 Å². The summed E-state index contributed by atoms with van der Waals surface area (Å²) >= 11 is 6.41. The summed E-state index contributed by atoms with van der Waals surface area (Å²) in [5.41, 5.74) is 0.166. The van der Waals surface area contributed by atoms with Crippen molar-refractivity contribution in [2.45, 2.75) is 19.9 Å². The monoisotopic (exact) mass is 465 g/mol. The van der Waals surface area contributed by atoms with Crippen LogP contribution in [0.3, 0.4) is 0 Å². The van der Waals surface area contributed by atoms with Crippen molar-refractivity contribution < 1.29 is 23.9 Å². The number of rotatable bonds is 11. The number of nitrogens with one attached hydrogen (secondary N) is 1. The van der Waals surface area contributed by atoms with E-state index in [4.69, 9.17) is 25.8 Å². The van der Waals surface area contributed by atoms with Gasteiger partial charge in [0.25, 0.3) is 5.91 Å². The average Bonchev–Trinajstić information content (AvgIpc) is 2.80. The molecule has 2 aromatic rings. The van der Waals surface area contributed by atoms with E-state index in [2.05, 4.69) is 10.2 Å². The minimum absolute atomic E-state index is 0.0373. The predicted molar refractivity (Wildman–Crippen MR) is 122 cm³/mol. The maximum absolute atomic E-state index is 13.1. The minimum atomic E-state index is -0.675. The molecule has 174 valence electrons. The number of ether oxygens (including phenoxy) is 3. The fourth-order valence-corrected chi connectivity index (χ4v) is 3.89. The van der Waals surface area contributed by atoms with Gasteiger partial charge in [-0.25, -0.2) is 0 Å². The molecule has 10 heteroatoms. The second-order valence-corrected chi connectivity index (χ2v) is 7.17. The number of benzene rings is 2. The van der Waals surface area contributed by atoms with Crippen molar-refractivity contribution in [2.75, 3.05) is 41.0 Å². The lowest BCUT2D eigenvalue weighted by molar-refractivity contribution is -0.386. The SMILES string of the molecule is CCN(CC)C(CNC(=O)c1cc(OC)c(OC)c(OC)c1[N+](=O)[O-])c1ccccc1Cl. The molecule has 1 atom stereocenters. The molecular weight excluding hydrogens is 438 g/mol. The Kier molecular flexibility index (Phi) is 9.10. The number of nitro groups is 1. The highest BCUT2D eigenvalue weighted by Gasteiger charge is 2.33. The van der Waals surface area contributed by atoms with Crippen molar-refractivity contribution in [3.8, 4) is 17.2 Å². The van der Waals surface area contributed by atoms with Crippen LogP contribution in [0.2, 0.25) is 5.02 Å². The van der Waals surface area contributed by atoms with Crippen LogP contribution in [0.4, 0.5) is 5.69 Å². The Morgan fingerprint density at radius 2 is 1.75 bits per heavy atom. The van der Waals surface area contributed by atoms with Crippen molar-refractivity contribution in [3.05, 3.63) is 56.6 Å². The van der Waals surface area contributed by atoms with Gasteiger partial charge < -0.3 is 19.5 Å².